The van der Waals surface area contributed by atoms with Gasteiger partial charge in [0.2, 0.25) is 0 Å². The maximum atomic E-state index is 12.7. The van der Waals surface area contributed by atoms with Crippen LogP contribution in [0.3, 0.4) is 0 Å². The largest absolute Gasteiger partial charge is 0.359 e. The number of rotatable bonds is 7. The Balaban J connectivity index is 1.67. The second-order valence-electron chi connectivity index (χ2n) is 6.90. The number of nitrogens with zero attached hydrogens (tertiary/aromatic N) is 4. The molecule has 3 rings (SSSR count). The zero-order valence-electron chi connectivity index (χ0n) is 15.9. The Morgan fingerprint density at radius 1 is 1.30 bits per heavy atom. The van der Waals surface area contributed by atoms with Crippen LogP contribution in [0.25, 0.3) is 0 Å². The molecule has 2 aromatic heterocycles. The molecular formula is C20H25N5O2. The van der Waals surface area contributed by atoms with E-state index in [2.05, 4.69) is 29.3 Å². The Kier molecular flexibility index (Phi) is 5.90. The molecule has 0 aliphatic heterocycles. The van der Waals surface area contributed by atoms with E-state index in [0.29, 0.717) is 24.8 Å². The summed E-state index contributed by atoms with van der Waals surface area (Å²) in [6.45, 7) is 5.07. The first-order valence-corrected chi connectivity index (χ1v) is 9.00. The highest BCUT2D eigenvalue weighted by molar-refractivity contribution is 5.74. The molecule has 3 aromatic rings. The molecule has 7 heteroatoms. The van der Waals surface area contributed by atoms with E-state index in [9.17, 15) is 4.79 Å². The molecular weight excluding hydrogens is 342 g/mol. The highest BCUT2D eigenvalue weighted by Gasteiger charge is 2.19. The molecule has 27 heavy (non-hydrogen) atoms. The summed E-state index contributed by atoms with van der Waals surface area (Å²) in [7, 11) is 1.74. The lowest BCUT2D eigenvalue weighted by atomic mass is 10.1. The Morgan fingerprint density at radius 3 is 2.70 bits per heavy atom. The zero-order chi connectivity index (χ0) is 19.2. The fraction of sp³-hybridized carbons (Fsp3) is 0.350. The summed E-state index contributed by atoms with van der Waals surface area (Å²) in [5, 5.41) is 7.14. The van der Waals surface area contributed by atoms with E-state index in [1.807, 2.05) is 47.2 Å². The van der Waals surface area contributed by atoms with Gasteiger partial charge in [-0.1, -0.05) is 49.3 Å². The number of aromatic nitrogens is 3. The van der Waals surface area contributed by atoms with E-state index >= 15 is 0 Å². The third kappa shape index (κ3) is 4.97. The van der Waals surface area contributed by atoms with Crippen molar-refractivity contribution in [1.82, 2.24) is 24.9 Å². The minimum absolute atomic E-state index is 0.170. The van der Waals surface area contributed by atoms with Crippen molar-refractivity contribution in [2.24, 2.45) is 0 Å². The van der Waals surface area contributed by atoms with Crippen molar-refractivity contribution in [3.05, 3.63) is 72.1 Å². The summed E-state index contributed by atoms with van der Waals surface area (Å²) in [4.78, 5) is 18.4. The molecule has 0 fully saturated rings. The Morgan fingerprint density at radius 2 is 2.07 bits per heavy atom. The normalized spacial score (nSPS) is 12.1. The molecule has 0 saturated carbocycles. The van der Waals surface area contributed by atoms with Crippen LogP contribution in [-0.2, 0) is 13.1 Å². The van der Waals surface area contributed by atoms with Crippen LogP contribution >= 0.6 is 0 Å². The predicted octanol–water partition coefficient (Wildman–Crippen LogP) is 3.58. The average Bonchev–Trinajstić information content (AvgIpc) is 3.34. The van der Waals surface area contributed by atoms with Crippen molar-refractivity contribution >= 4 is 6.03 Å². The van der Waals surface area contributed by atoms with Crippen LogP contribution in [0.1, 0.15) is 42.8 Å². The SMILES string of the molecule is CC(C)c1cc(CN(C)C(=O)NC(Cn2ccnc2)c2ccccc2)on1. The maximum absolute atomic E-state index is 12.7. The number of hydrogen-bond acceptors (Lipinski definition) is 4. The van der Waals surface area contributed by atoms with E-state index in [4.69, 9.17) is 4.52 Å². The maximum Gasteiger partial charge on any atom is 0.318 e. The van der Waals surface area contributed by atoms with Crippen molar-refractivity contribution < 1.29 is 9.32 Å². The highest BCUT2D eigenvalue weighted by Crippen LogP contribution is 2.17. The van der Waals surface area contributed by atoms with E-state index in [1.54, 1.807) is 24.5 Å². The molecule has 0 radical (unpaired) electrons. The summed E-state index contributed by atoms with van der Waals surface area (Å²) in [6.07, 6.45) is 5.35. The summed E-state index contributed by atoms with van der Waals surface area (Å²) in [5.41, 5.74) is 1.93. The summed E-state index contributed by atoms with van der Waals surface area (Å²) in [6, 6.07) is 11.5. The first kappa shape index (κ1) is 18.7. The number of carbonyl (C=O) groups is 1. The quantitative estimate of drug-likeness (QED) is 0.692. The predicted molar refractivity (Wildman–Crippen MR) is 102 cm³/mol. The highest BCUT2D eigenvalue weighted by atomic mass is 16.5. The van der Waals surface area contributed by atoms with E-state index in [0.717, 1.165) is 11.3 Å². The van der Waals surface area contributed by atoms with Crippen LogP contribution in [0.4, 0.5) is 4.79 Å². The van der Waals surface area contributed by atoms with Crippen LogP contribution in [0.5, 0.6) is 0 Å². The number of hydrogen-bond donors (Lipinski definition) is 1. The minimum Gasteiger partial charge on any atom is -0.359 e. The molecule has 1 aromatic carbocycles. The summed E-state index contributed by atoms with van der Waals surface area (Å²) < 4.78 is 7.29. The fourth-order valence-electron chi connectivity index (χ4n) is 2.77. The van der Waals surface area contributed by atoms with Gasteiger partial charge >= 0.3 is 6.03 Å². The van der Waals surface area contributed by atoms with E-state index < -0.39 is 0 Å². The number of imidazole rings is 1. The van der Waals surface area contributed by atoms with Crippen LogP contribution in [0, 0.1) is 0 Å². The van der Waals surface area contributed by atoms with Gasteiger partial charge in [0.1, 0.15) is 0 Å². The number of urea groups is 1. The number of carbonyl (C=O) groups excluding carboxylic acids is 1. The molecule has 1 atom stereocenters. The van der Waals surface area contributed by atoms with Crippen LogP contribution in [0.2, 0.25) is 0 Å². The second kappa shape index (κ2) is 8.53. The van der Waals surface area contributed by atoms with Gasteiger partial charge in [0.15, 0.2) is 5.76 Å². The van der Waals surface area contributed by atoms with Crippen LogP contribution in [-0.4, -0.2) is 32.7 Å². The van der Waals surface area contributed by atoms with Gasteiger partial charge in [-0.3, -0.25) is 0 Å². The van der Waals surface area contributed by atoms with Crippen LogP contribution < -0.4 is 5.32 Å². The molecule has 142 valence electrons. The monoisotopic (exact) mass is 367 g/mol. The van der Waals surface area contributed by atoms with Gasteiger partial charge in [0.25, 0.3) is 0 Å². The van der Waals surface area contributed by atoms with Gasteiger partial charge in [0.05, 0.1) is 24.6 Å². The summed E-state index contributed by atoms with van der Waals surface area (Å²) in [5.74, 6) is 0.960. The van der Waals surface area contributed by atoms with Gasteiger partial charge < -0.3 is 19.3 Å². The Hall–Kier alpha value is -3.09. The van der Waals surface area contributed by atoms with Crippen LogP contribution in [0.15, 0.2) is 59.6 Å². The summed E-state index contributed by atoms with van der Waals surface area (Å²) >= 11 is 0. The van der Waals surface area contributed by atoms with Crippen molar-refractivity contribution in [3.63, 3.8) is 0 Å². The molecule has 0 spiro atoms. The van der Waals surface area contributed by atoms with E-state index in [1.165, 1.54) is 0 Å². The molecule has 0 aliphatic rings. The van der Waals surface area contributed by atoms with Gasteiger partial charge in [0, 0.05) is 32.1 Å². The molecule has 2 heterocycles. The van der Waals surface area contributed by atoms with Crippen molar-refractivity contribution in [2.45, 2.75) is 38.9 Å². The van der Waals surface area contributed by atoms with Crippen molar-refractivity contribution in [3.8, 4) is 0 Å². The van der Waals surface area contributed by atoms with E-state index in [-0.39, 0.29) is 12.1 Å². The Bertz CT molecular complexity index is 842. The van der Waals surface area contributed by atoms with Crippen molar-refractivity contribution in [1.29, 1.82) is 0 Å². The molecule has 2 amide bonds. The molecule has 1 unspecified atom stereocenters. The third-order valence-electron chi connectivity index (χ3n) is 4.36. The van der Waals surface area contributed by atoms with Gasteiger partial charge in [-0.05, 0) is 11.5 Å². The third-order valence-corrected chi connectivity index (χ3v) is 4.36. The topological polar surface area (TPSA) is 76.2 Å². The van der Waals surface area contributed by atoms with Crippen molar-refractivity contribution in [2.75, 3.05) is 7.05 Å². The number of nitrogens with one attached hydrogen (secondary N) is 1. The lowest BCUT2D eigenvalue weighted by Gasteiger charge is -2.23. The standard InChI is InChI=1S/C20H25N5O2/c1-15(2)18-11-17(27-23-18)12-24(3)20(26)22-19(13-25-10-9-21-14-25)16-7-5-4-6-8-16/h4-11,14-15,19H,12-13H2,1-3H3,(H,22,26). The molecule has 7 nitrogen and oxygen atoms in total. The first-order chi connectivity index (χ1) is 13.0. The van der Waals surface area contributed by atoms with Gasteiger partial charge in [-0.25, -0.2) is 9.78 Å². The fourth-order valence-corrected chi connectivity index (χ4v) is 2.77. The molecule has 0 bridgehead atoms. The number of benzene rings is 1. The Labute approximate surface area is 159 Å². The average molecular weight is 367 g/mol. The van der Waals surface area contributed by atoms with Gasteiger partial charge in [-0.2, -0.15) is 0 Å². The first-order valence-electron chi connectivity index (χ1n) is 9.00. The minimum atomic E-state index is -0.175. The second-order valence-corrected chi connectivity index (χ2v) is 6.90. The van der Waals surface area contributed by atoms with Gasteiger partial charge in [-0.15, -0.1) is 0 Å². The molecule has 0 saturated heterocycles. The lowest BCUT2D eigenvalue weighted by Crippen LogP contribution is -2.40. The zero-order valence-corrected chi connectivity index (χ0v) is 15.9. The molecule has 1 N–H and O–H groups in total. The molecule has 0 aliphatic carbocycles. The number of amides is 2. The lowest BCUT2D eigenvalue weighted by molar-refractivity contribution is 0.195. The smallest absolute Gasteiger partial charge is 0.318 e.